The number of nitrogens with one attached hydrogen (secondary N) is 1. The Morgan fingerprint density at radius 1 is 1.33 bits per heavy atom. The third kappa shape index (κ3) is 4.06. The molecule has 5 nitrogen and oxygen atoms in total. The fourth-order valence-electron chi connectivity index (χ4n) is 1.39. The Morgan fingerprint density at radius 3 is 2.48 bits per heavy atom. The van der Waals surface area contributed by atoms with E-state index in [2.05, 4.69) is 10.1 Å². The number of hydrogen-bond donors (Lipinski definition) is 1. The van der Waals surface area contributed by atoms with Crippen molar-refractivity contribution in [1.82, 2.24) is 0 Å². The molecule has 0 heterocycles. The highest BCUT2D eigenvalue weighted by atomic mass is 32.2. The highest BCUT2D eigenvalue weighted by Crippen LogP contribution is 2.34. The molecule has 0 atom stereocenters. The summed E-state index contributed by atoms with van der Waals surface area (Å²) in [7, 11) is -4.58. The number of esters is 1. The van der Waals surface area contributed by atoms with Crippen LogP contribution < -0.4 is 5.32 Å². The maximum absolute atomic E-state index is 13.0. The molecule has 1 N–H and O–H groups in total. The Hall–Kier alpha value is -1.84. The summed E-state index contributed by atoms with van der Waals surface area (Å²) in [5.41, 5.74) is -6.00. The molecule has 1 aromatic rings. The highest BCUT2D eigenvalue weighted by molar-refractivity contribution is 7.92. The topological polar surface area (TPSA) is 72.5 Å². The smallest absolute Gasteiger partial charge is 0.469 e. The molecule has 1 rings (SSSR count). The van der Waals surface area contributed by atoms with Crippen molar-refractivity contribution in [3.63, 3.8) is 0 Å². The lowest BCUT2D eigenvalue weighted by Crippen LogP contribution is -2.24. The average molecular weight is 329 g/mol. The summed E-state index contributed by atoms with van der Waals surface area (Å²) in [5.74, 6) is -1.76. The van der Waals surface area contributed by atoms with E-state index >= 15 is 0 Å². The number of hydrogen-bond acceptors (Lipinski definition) is 5. The van der Waals surface area contributed by atoms with Crippen LogP contribution in [0.2, 0.25) is 0 Å². The van der Waals surface area contributed by atoms with Gasteiger partial charge in [0.1, 0.15) is 10.7 Å². The Bertz CT molecular complexity index is 628. The van der Waals surface area contributed by atoms with Gasteiger partial charge in [-0.1, -0.05) is 0 Å². The minimum atomic E-state index is -5.70. The first-order valence-corrected chi connectivity index (χ1v) is 6.99. The van der Waals surface area contributed by atoms with Gasteiger partial charge in [-0.3, -0.25) is 4.79 Å². The Labute approximate surface area is 117 Å². The van der Waals surface area contributed by atoms with Crippen LogP contribution in [0.15, 0.2) is 23.1 Å². The van der Waals surface area contributed by atoms with Crippen LogP contribution in [0.5, 0.6) is 0 Å². The number of sulfone groups is 1. The van der Waals surface area contributed by atoms with Crippen molar-refractivity contribution in [2.75, 3.05) is 19.0 Å². The number of benzene rings is 1. The van der Waals surface area contributed by atoms with Crippen LogP contribution >= 0.6 is 0 Å². The molecule has 0 spiro atoms. The zero-order chi connectivity index (χ0) is 16.3. The first kappa shape index (κ1) is 17.2. The third-order valence-corrected chi connectivity index (χ3v) is 3.94. The largest absolute Gasteiger partial charge is 0.501 e. The Balaban J connectivity index is 3.10. The van der Waals surface area contributed by atoms with Gasteiger partial charge < -0.3 is 10.1 Å². The molecule has 0 aliphatic carbocycles. The van der Waals surface area contributed by atoms with Crippen LogP contribution in [0.3, 0.4) is 0 Å². The number of halogens is 4. The second kappa shape index (κ2) is 6.29. The number of carbonyl (C=O) groups excluding carboxylic acids is 1. The lowest BCUT2D eigenvalue weighted by molar-refractivity contribution is -0.140. The quantitative estimate of drug-likeness (QED) is 0.661. The summed E-state index contributed by atoms with van der Waals surface area (Å²) in [6.07, 6.45) is -0.195. The zero-order valence-electron chi connectivity index (χ0n) is 10.7. The molecule has 21 heavy (non-hydrogen) atoms. The summed E-state index contributed by atoms with van der Waals surface area (Å²) in [5, 5.41) is 2.34. The molecule has 0 bridgehead atoms. The van der Waals surface area contributed by atoms with Crippen LogP contribution in [0.4, 0.5) is 23.2 Å². The van der Waals surface area contributed by atoms with Crippen LogP contribution in [-0.4, -0.2) is 33.5 Å². The Kier molecular flexibility index (Phi) is 5.15. The van der Waals surface area contributed by atoms with E-state index < -0.39 is 37.7 Å². The van der Waals surface area contributed by atoms with Crippen molar-refractivity contribution in [3.05, 3.63) is 24.0 Å². The summed E-state index contributed by atoms with van der Waals surface area (Å²) in [4.78, 5) is 9.64. The molecule has 0 aliphatic rings. The maximum Gasteiger partial charge on any atom is 0.501 e. The molecule has 0 saturated heterocycles. The fourth-order valence-corrected chi connectivity index (χ4v) is 2.34. The van der Waals surface area contributed by atoms with Crippen molar-refractivity contribution >= 4 is 21.5 Å². The zero-order valence-corrected chi connectivity index (χ0v) is 11.5. The predicted octanol–water partition coefficient (Wildman–Crippen LogP) is 2.09. The highest BCUT2D eigenvalue weighted by Gasteiger charge is 2.48. The number of methoxy groups -OCH3 is 1. The predicted molar refractivity (Wildman–Crippen MR) is 64.8 cm³/mol. The van der Waals surface area contributed by atoms with E-state index in [1.165, 1.54) is 0 Å². The third-order valence-electron chi connectivity index (χ3n) is 2.41. The van der Waals surface area contributed by atoms with Crippen molar-refractivity contribution in [2.24, 2.45) is 0 Å². The van der Waals surface area contributed by atoms with Crippen LogP contribution in [0.25, 0.3) is 0 Å². The van der Waals surface area contributed by atoms with Crippen molar-refractivity contribution in [2.45, 2.75) is 16.8 Å². The molecule has 0 saturated carbocycles. The molecule has 118 valence electrons. The monoisotopic (exact) mass is 329 g/mol. The van der Waals surface area contributed by atoms with Gasteiger partial charge in [-0.2, -0.15) is 13.2 Å². The minimum absolute atomic E-state index is 0.168. The lowest BCUT2D eigenvalue weighted by Gasteiger charge is -2.14. The molecule has 0 unspecified atom stereocenters. The van der Waals surface area contributed by atoms with Gasteiger partial charge in [0.15, 0.2) is 0 Å². The number of alkyl halides is 3. The average Bonchev–Trinajstić information content (AvgIpc) is 2.38. The molecular weight excluding hydrogens is 318 g/mol. The summed E-state index contributed by atoms with van der Waals surface area (Å²) < 4.78 is 77.6. The molecule has 1 aromatic carbocycles. The molecule has 0 radical (unpaired) electrons. The fraction of sp³-hybridized carbons (Fsp3) is 0.364. The van der Waals surface area contributed by atoms with Gasteiger partial charge in [0.05, 0.1) is 19.2 Å². The SMILES string of the molecule is COC(=O)CCNc1ccc(F)cc1S(=O)(=O)C(F)(F)F. The van der Waals surface area contributed by atoms with E-state index in [0.717, 1.165) is 19.2 Å². The lowest BCUT2D eigenvalue weighted by atomic mass is 10.3. The van der Waals surface area contributed by atoms with E-state index in [0.29, 0.717) is 0 Å². The maximum atomic E-state index is 13.0. The number of ether oxygens (including phenoxy) is 1. The van der Waals surface area contributed by atoms with Crippen LogP contribution in [0, 0.1) is 5.82 Å². The standard InChI is InChI=1S/C11H11F4NO4S/c1-20-10(17)4-5-16-8-3-2-7(12)6-9(8)21(18,19)11(13,14)15/h2-3,6,16H,4-5H2,1H3. The number of anilines is 1. The number of rotatable bonds is 5. The van der Waals surface area contributed by atoms with Gasteiger partial charge in [0.25, 0.3) is 9.84 Å². The second-order valence-corrected chi connectivity index (χ2v) is 5.75. The normalized spacial score (nSPS) is 12.0. The molecule has 0 aromatic heterocycles. The van der Waals surface area contributed by atoms with E-state index in [4.69, 9.17) is 0 Å². The molecular formula is C11H11F4NO4S. The van der Waals surface area contributed by atoms with Gasteiger partial charge in [-0.15, -0.1) is 0 Å². The first-order chi connectivity index (χ1) is 9.59. The van der Waals surface area contributed by atoms with Gasteiger partial charge in [0, 0.05) is 6.54 Å². The van der Waals surface area contributed by atoms with Gasteiger partial charge in [-0.05, 0) is 18.2 Å². The first-order valence-electron chi connectivity index (χ1n) is 5.51. The van der Waals surface area contributed by atoms with E-state index in [-0.39, 0.29) is 19.0 Å². The molecule has 0 fully saturated rings. The minimum Gasteiger partial charge on any atom is -0.469 e. The van der Waals surface area contributed by atoms with E-state index in [1.807, 2.05) is 0 Å². The summed E-state index contributed by atoms with van der Waals surface area (Å²) in [6.45, 7) is -0.168. The molecule has 0 aliphatic heterocycles. The molecule has 0 amide bonds. The van der Waals surface area contributed by atoms with E-state index in [1.54, 1.807) is 0 Å². The summed E-state index contributed by atoms with van der Waals surface area (Å²) in [6, 6.07) is 1.92. The second-order valence-electron chi connectivity index (χ2n) is 3.84. The van der Waals surface area contributed by atoms with Crippen molar-refractivity contribution < 1.29 is 35.5 Å². The number of carbonyl (C=O) groups is 1. The van der Waals surface area contributed by atoms with Gasteiger partial charge in [0.2, 0.25) is 0 Å². The van der Waals surface area contributed by atoms with Crippen molar-refractivity contribution in [1.29, 1.82) is 0 Å². The van der Waals surface area contributed by atoms with Crippen LogP contribution in [0.1, 0.15) is 6.42 Å². The van der Waals surface area contributed by atoms with Gasteiger partial charge >= 0.3 is 11.5 Å². The van der Waals surface area contributed by atoms with Gasteiger partial charge in [-0.25, -0.2) is 12.8 Å². The summed E-state index contributed by atoms with van der Waals surface area (Å²) >= 11 is 0. The van der Waals surface area contributed by atoms with Crippen LogP contribution in [-0.2, 0) is 19.4 Å². The molecule has 10 heteroatoms. The van der Waals surface area contributed by atoms with Crippen molar-refractivity contribution in [3.8, 4) is 0 Å². The Morgan fingerprint density at radius 2 is 1.95 bits per heavy atom. The van der Waals surface area contributed by atoms with E-state index in [9.17, 15) is 30.8 Å².